The number of hydrogen-bond donors (Lipinski definition) is 2. The van der Waals surface area contributed by atoms with E-state index in [-0.39, 0.29) is 53.0 Å². The van der Waals surface area contributed by atoms with Gasteiger partial charge in [-0.05, 0) is 32.1 Å². The fourth-order valence-corrected chi connectivity index (χ4v) is 4.38. The summed E-state index contributed by atoms with van der Waals surface area (Å²) in [5, 5.41) is 17.1. The summed E-state index contributed by atoms with van der Waals surface area (Å²) in [6.07, 6.45) is 31.8. The van der Waals surface area contributed by atoms with Gasteiger partial charge < -0.3 is 29.6 Å². The number of ether oxygens (including phenoxy) is 2. The molecule has 0 aliphatic heterocycles. The topological polar surface area (TPSA) is 93.1 Å². The first-order valence-corrected chi connectivity index (χ1v) is 16.1. The quantitative estimate of drug-likeness (QED) is 0.0240. The Balaban J connectivity index is -0.000000209. The molecule has 2 N–H and O–H groups in total. The fraction of sp³-hybridized carbons (Fsp3) is 0.824. The van der Waals surface area contributed by atoms with E-state index < -0.39 is 0 Å². The molecule has 0 rings (SSSR count). The molecule has 42 heavy (non-hydrogen) atoms. The van der Waals surface area contributed by atoms with Crippen molar-refractivity contribution in [2.75, 3.05) is 27.4 Å². The van der Waals surface area contributed by atoms with Crippen LogP contribution in [0.2, 0.25) is 0 Å². The average molecular weight is 660 g/mol. The van der Waals surface area contributed by atoms with Crippen LogP contribution in [0.25, 0.3) is 0 Å². The van der Waals surface area contributed by atoms with Gasteiger partial charge in [-0.15, -0.1) is 5.92 Å². The molecule has 6 nitrogen and oxygen atoms in total. The third kappa shape index (κ3) is 46.1. The minimum absolute atomic E-state index is 0. The van der Waals surface area contributed by atoms with Gasteiger partial charge in [-0.2, -0.15) is 0 Å². The van der Waals surface area contributed by atoms with E-state index in [9.17, 15) is 9.59 Å². The van der Waals surface area contributed by atoms with Gasteiger partial charge in [-0.1, -0.05) is 121 Å². The van der Waals surface area contributed by atoms with Crippen molar-refractivity contribution in [3.63, 3.8) is 0 Å². The van der Waals surface area contributed by atoms with Gasteiger partial charge in [-0.25, -0.2) is 0 Å². The SMILES string of the molecule is COC(=O)CCCCCCCCCCCC/C=C\CO.COC(=O)CCCCCCCCCCCCC#CCO.[HH].[Ni].[PH-2]. The smallest absolute Gasteiger partial charge is 0.305 e. The first-order valence-electron chi connectivity index (χ1n) is 16.1. The van der Waals surface area contributed by atoms with Gasteiger partial charge in [0.1, 0.15) is 6.61 Å². The summed E-state index contributed by atoms with van der Waals surface area (Å²) in [4.78, 5) is 21.8. The fourth-order valence-electron chi connectivity index (χ4n) is 4.38. The molecule has 8 heteroatoms. The maximum atomic E-state index is 10.9. The van der Waals surface area contributed by atoms with Gasteiger partial charge in [0.2, 0.25) is 0 Å². The van der Waals surface area contributed by atoms with Crippen molar-refractivity contribution in [2.45, 2.75) is 154 Å². The molecule has 0 saturated carbocycles. The van der Waals surface area contributed by atoms with E-state index in [2.05, 4.69) is 27.4 Å². The van der Waals surface area contributed by atoms with Crippen molar-refractivity contribution in [1.82, 2.24) is 0 Å². The van der Waals surface area contributed by atoms with Crippen molar-refractivity contribution >= 4 is 21.8 Å². The van der Waals surface area contributed by atoms with E-state index in [0.29, 0.717) is 12.8 Å². The number of aliphatic hydroxyl groups excluding tert-OH is 2. The molecule has 0 radical (unpaired) electrons. The van der Waals surface area contributed by atoms with Gasteiger partial charge in [0.25, 0.3) is 0 Å². The van der Waals surface area contributed by atoms with Gasteiger partial charge in [0.15, 0.2) is 0 Å². The van der Waals surface area contributed by atoms with E-state index in [4.69, 9.17) is 10.2 Å². The molecule has 0 fully saturated rings. The molecule has 0 aromatic carbocycles. The molecule has 0 saturated heterocycles. The van der Waals surface area contributed by atoms with Gasteiger partial charge in [0, 0.05) is 37.2 Å². The normalized spacial score (nSPS) is 10.0. The number of rotatable bonds is 26. The first kappa shape index (κ1) is 48.0. The maximum Gasteiger partial charge on any atom is 0.305 e. The van der Waals surface area contributed by atoms with Crippen LogP contribution in [-0.2, 0) is 35.6 Å². The van der Waals surface area contributed by atoms with E-state index in [1.54, 1.807) is 0 Å². The summed E-state index contributed by atoms with van der Waals surface area (Å²) in [5.41, 5.74) is 0. The molecular formula is C34H65NiO6P-2. The zero-order valence-electron chi connectivity index (χ0n) is 26.9. The van der Waals surface area contributed by atoms with Gasteiger partial charge in [-0.3, -0.25) is 9.59 Å². The number of aliphatic hydroxyl groups is 2. The van der Waals surface area contributed by atoms with Crippen LogP contribution in [0.5, 0.6) is 0 Å². The van der Waals surface area contributed by atoms with Crippen LogP contribution < -0.4 is 0 Å². The zero-order valence-corrected chi connectivity index (χ0v) is 28.9. The van der Waals surface area contributed by atoms with Crippen LogP contribution >= 0.6 is 9.90 Å². The summed E-state index contributed by atoms with van der Waals surface area (Å²) in [7, 11) is 2.90. The maximum absolute atomic E-state index is 10.9. The Labute approximate surface area is 274 Å². The Hall–Kier alpha value is -0.916. The predicted molar refractivity (Wildman–Crippen MR) is 176 cm³/mol. The Morgan fingerprint density at radius 1 is 0.571 bits per heavy atom. The number of methoxy groups -OCH3 is 2. The number of carbonyl (C=O) groups is 2. The number of carbonyl (C=O) groups excluding carboxylic acids is 2. The number of allylic oxidation sites excluding steroid dienone is 1. The Morgan fingerprint density at radius 2 is 0.929 bits per heavy atom. The minimum Gasteiger partial charge on any atom is -1.51 e. The third-order valence-corrected chi connectivity index (χ3v) is 6.87. The Morgan fingerprint density at radius 3 is 1.29 bits per heavy atom. The van der Waals surface area contributed by atoms with Crippen molar-refractivity contribution < 1.29 is 47.2 Å². The number of hydrogen-bond acceptors (Lipinski definition) is 6. The molecule has 0 aromatic heterocycles. The molecule has 0 aliphatic carbocycles. The molecule has 0 aliphatic rings. The van der Waals surface area contributed by atoms with E-state index in [0.717, 1.165) is 44.9 Å². The van der Waals surface area contributed by atoms with Crippen molar-refractivity contribution in [3.05, 3.63) is 12.2 Å². The van der Waals surface area contributed by atoms with Crippen LogP contribution in [0.4, 0.5) is 0 Å². The Bertz CT molecular complexity index is 640. The molecule has 0 aromatic rings. The van der Waals surface area contributed by atoms with Crippen molar-refractivity contribution in [3.8, 4) is 11.8 Å². The van der Waals surface area contributed by atoms with Gasteiger partial charge >= 0.3 is 11.9 Å². The zero-order chi connectivity index (χ0) is 29.8. The van der Waals surface area contributed by atoms with E-state index >= 15 is 0 Å². The summed E-state index contributed by atoms with van der Waals surface area (Å²) >= 11 is 0. The standard InChI is InChI=1S/C17H32O3.C17H30O3.Ni.HP.H2/c2*1-20-17(19)15-13-11-9-7-5-3-2-4-6-8-10-12-14-16-18;;;/h12,14,18H,2-11,13,15-16H2,1H3;18H,2-11,13,15-16H2,1H3;;2*1H/q;;;-2;/b14-12-;;;;. The third-order valence-electron chi connectivity index (χ3n) is 6.87. The molecule has 254 valence electrons. The van der Waals surface area contributed by atoms with Gasteiger partial charge in [0.05, 0.1) is 20.8 Å². The van der Waals surface area contributed by atoms with Crippen molar-refractivity contribution in [1.29, 1.82) is 0 Å². The van der Waals surface area contributed by atoms with Crippen LogP contribution in [0.1, 0.15) is 156 Å². The second-order valence-electron chi connectivity index (χ2n) is 10.4. The predicted octanol–water partition coefficient (Wildman–Crippen LogP) is 9.06. The molecule has 0 unspecified atom stereocenters. The summed E-state index contributed by atoms with van der Waals surface area (Å²) in [6.45, 7) is 0.152. The summed E-state index contributed by atoms with van der Waals surface area (Å²) in [5.74, 6) is 5.44. The van der Waals surface area contributed by atoms with Crippen LogP contribution in [-0.4, -0.2) is 49.6 Å². The summed E-state index contributed by atoms with van der Waals surface area (Å²) in [6, 6.07) is 0. The summed E-state index contributed by atoms with van der Waals surface area (Å²) < 4.78 is 9.21. The van der Waals surface area contributed by atoms with Crippen LogP contribution in [0.15, 0.2) is 12.2 Å². The second kappa shape index (κ2) is 44.5. The van der Waals surface area contributed by atoms with Crippen molar-refractivity contribution in [2.24, 2.45) is 0 Å². The second-order valence-corrected chi connectivity index (χ2v) is 10.4. The monoisotopic (exact) mass is 658 g/mol. The molecule has 0 heterocycles. The first-order chi connectivity index (χ1) is 19.6. The molecule has 0 spiro atoms. The molecule has 0 bridgehead atoms. The Kier molecular flexibility index (Phi) is 50.9. The molecule has 0 atom stereocenters. The van der Waals surface area contributed by atoms with Crippen LogP contribution in [0.3, 0.4) is 0 Å². The largest absolute Gasteiger partial charge is 1.51 e. The van der Waals surface area contributed by atoms with Crippen LogP contribution in [0, 0.1) is 11.8 Å². The van der Waals surface area contributed by atoms with E-state index in [1.165, 1.54) is 111 Å². The number of unbranched alkanes of at least 4 members (excludes halogenated alkanes) is 20. The average Bonchev–Trinajstić information content (AvgIpc) is 2.97. The minimum atomic E-state index is -0.0892. The molecular weight excluding hydrogens is 594 g/mol. The number of esters is 2. The molecule has 0 amide bonds. The van der Waals surface area contributed by atoms with E-state index in [1.807, 2.05) is 6.08 Å².